The van der Waals surface area contributed by atoms with Gasteiger partial charge in [-0.1, -0.05) is 37.3 Å². The number of aromatic nitrogens is 1. The predicted octanol–water partition coefficient (Wildman–Crippen LogP) is 3.62. The zero-order valence-electron chi connectivity index (χ0n) is 11.8. The van der Waals surface area contributed by atoms with Crippen LogP contribution in [0.15, 0.2) is 48.7 Å². The summed E-state index contributed by atoms with van der Waals surface area (Å²) in [6, 6.07) is 15.0. The molecule has 0 amide bonds. The Hall–Kier alpha value is -1.54. The molecule has 2 nitrogen and oxygen atoms in total. The summed E-state index contributed by atoms with van der Waals surface area (Å²) in [7, 11) is 0. The third-order valence-corrected chi connectivity index (χ3v) is 3.36. The zero-order valence-corrected chi connectivity index (χ0v) is 11.8. The minimum Gasteiger partial charge on any atom is -0.350 e. The second-order valence-electron chi connectivity index (χ2n) is 4.96. The van der Waals surface area contributed by atoms with Crippen molar-refractivity contribution in [3.05, 3.63) is 59.9 Å². The number of hydrogen-bond donors (Lipinski definition) is 1. The van der Waals surface area contributed by atoms with Crippen LogP contribution in [0.1, 0.15) is 31.0 Å². The fraction of sp³-hybridized carbons (Fsp3) is 0.412. The second kappa shape index (κ2) is 7.80. The van der Waals surface area contributed by atoms with Gasteiger partial charge in [0.15, 0.2) is 0 Å². The standard InChI is InChI=1S/C17H24N2/c1-2-13-19-14-7-11-17(19)15-18-12-6-10-16-8-4-3-5-9-16/h3-5,7-9,11,14,18H,2,6,10,12-13,15H2,1H3. The molecule has 0 radical (unpaired) electrons. The van der Waals surface area contributed by atoms with Crippen LogP contribution >= 0.6 is 0 Å². The summed E-state index contributed by atoms with van der Waals surface area (Å²) >= 11 is 0. The van der Waals surface area contributed by atoms with Crippen LogP contribution in [0, 0.1) is 0 Å². The predicted molar refractivity (Wildman–Crippen MR) is 81.2 cm³/mol. The van der Waals surface area contributed by atoms with E-state index in [9.17, 15) is 0 Å². The van der Waals surface area contributed by atoms with Gasteiger partial charge in [-0.2, -0.15) is 0 Å². The van der Waals surface area contributed by atoms with Crippen LogP contribution in [-0.2, 0) is 19.5 Å². The van der Waals surface area contributed by atoms with Crippen molar-refractivity contribution in [3.8, 4) is 0 Å². The lowest BCUT2D eigenvalue weighted by Gasteiger charge is -2.09. The quantitative estimate of drug-likeness (QED) is 0.714. The maximum atomic E-state index is 3.54. The number of nitrogens with one attached hydrogen (secondary N) is 1. The first-order chi connectivity index (χ1) is 9.40. The molecule has 0 bridgehead atoms. The van der Waals surface area contributed by atoms with Crippen molar-refractivity contribution < 1.29 is 0 Å². The van der Waals surface area contributed by atoms with Crippen molar-refractivity contribution in [2.75, 3.05) is 6.54 Å². The van der Waals surface area contributed by atoms with E-state index in [1.807, 2.05) is 0 Å². The molecule has 2 rings (SSSR count). The lowest BCUT2D eigenvalue weighted by atomic mass is 10.1. The summed E-state index contributed by atoms with van der Waals surface area (Å²) < 4.78 is 2.34. The first-order valence-electron chi connectivity index (χ1n) is 7.29. The lowest BCUT2D eigenvalue weighted by molar-refractivity contribution is 0.590. The maximum absolute atomic E-state index is 3.54. The molecule has 1 heterocycles. The molecule has 0 aliphatic carbocycles. The van der Waals surface area contributed by atoms with Gasteiger partial charge in [-0.25, -0.2) is 0 Å². The van der Waals surface area contributed by atoms with Crippen molar-refractivity contribution in [1.29, 1.82) is 0 Å². The molecule has 102 valence electrons. The number of hydrogen-bond acceptors (Lipinski definition) is 1. The fourth-order valence-corrected chi connectivity index (χ4v) is 2.35. The minimum absolute atomic E-state index is 0.974. The SMILES string of the molecule is CCCn1cccc1CNCCCc1ccccc1. The molecule has 0 unspecified atom stereocenters. The minimum atomic E-state index is 0.974. The van der Waals surface area contributed by atoms with Crippen molar-refractivity contribution in [1.82, 2.24) is 9.88 Å². The fourth-order valence-electron chi connectivity index (χ4n) is 2.35. The largest absolute Gasteiger partial charge is 0.350 e. The summed E-state index contributed by atoms with van der Waals surface area (Å²) in [6.07, 6.45) is 5.71. The van der Waals surface area contributed by atoms with Crippen molar-refractivity contribution in [3.63, 3.8) is 0 Å². The van der Waals surface area contributed by atoms with E-state index in [0.29, 0.717) is 0 Å². The lowest BCUT2D eigenvalue weighted by Crippen LogP contribution is -2.17. The molecule has 0 aliphatic rings. The Morgan fingerprint density at radius 1 is 1.05 bits per heavy atom. The van der Waals surface area contributed by atoms with Crippen LogP contribution in [0.5, 0.6) is 0 Å². The summed E-state index contributed by atoms with van der Waals surface area (Å²) in [5.74, 6) is 0. The van der Waals surface area contributed by atoms with E-state index in [-0.39, 0.29) is 0 Å². The summed E-state index contributed by atoms with van der Waals surface area (Å²) in [4.78, 5) is 0. The average molecular weight is 256 g/mol. The molecular formula is C17H24N2. The van der Waals surface area contributed by atoms with Gasteiger partial charge in [-0.15, -0.1) is 0 Å². The summed E-state index contributed by atoms with van der Waals surface area (Å²) in [6.45, 7) is 5.39. The maximum Gasteiger partial charge on any atom is 0.0359 e. The Morgan fingerprint density at radius 3 is 2.68 bits per heavy atom. The Labute approximate surface area is 116 Å². The smallest absolute Gasteiger partial charge is 0.0359 e. The van der Waals surface area contributed by atoms with Gasteiger partial charge in [0.05, 0.1) is 0 Å². The molecule has 0 saturated heterocycles. The molecular weight excluding hydrogens is 232 g/mol. The van der Waals surface area contributed by atoms with Crippen molar-refractivity contribution >= 4 is 0 Å². The zero-order chi connectivity index (χ0) is 13.3. The van der Waals surface area contributed by atoms with Gasteiger partial charge in [0.1, 0.15) is 0 Å². The Morgan fingerprint density at radius 2 is 1.89 bits per heavy atom. The number of aryl methyl sites for hydroxylation is 2. The molecule has 2 heteroatoms. The monoisotopic (exact) mass is 256 g/mol. The van der Waals surface area contributed by atoms with E-state index in [1.54, 1.807) is 0 Å². The third-order valence-electron chi connectivity index (χ3n) is 3.36. The molecule has 1 aromatic heterocycles. The normalized spacial score (nSPS) is 10.8. The number of rotatable bonds is 8. The highest BCUT2D eigenvalue weighted by Gasteiger charge is 1.99. The molecule has 19 heavy (non-hydrogen) atoms. The molecule has 0 atom stereocenters. The van der Waals surface area contributed by atoms with Crippen LogP contribution in [0.25, 0.3) is 0 Å². The van der Waals surface area contributed by atoms with Gasteiger partial charge in [-0.05, 0) is 43.5 Å². The van der Waals surface area contributed by atoms with Gasteiger partial charge in [0.25, 0.3) is 0 Å². The number of benzene rings is 1. The molecule has 1 aromatic carbocycles. The molecule has 0 spiro atoms. The summed E-state index contributed by atoms with van der Waals surface area (Å²) in [5.41, 5.74) is 2.82. The molecule has 0 fully saturated rings. The molecule has 0 saturated carbocycles. The molecule has 1 N–H and O–H groups in total. The highest BCUT2D eigenvalue weighted by Crippen LogP contribution is 2.04. The van der Waals surface area contributed by atoms with Crippen LogP contribution in [0.3, 0.4) is 0 Å². The van der Waals surface area contributed by atoms with E-state index in [4.69, 9.17) is 0 Å². The topological polar surface area (TPSA) is 17.0 Å². The molecule has 0 aliphatic heterocycles. The first-order valence-corrected chi connectivity index (χ1v) is 7.29. The van der Waals surface area contributed by atoms with Gasteiger partial charge >= 0.3 is 0 Å². The van der Waals surface area contributed by atoms with Gasteiger partial charge in [0, 0.05) is 25.0 Å². The third kappa shape index (κ3) is 4.56. The molecule has 2 aromatic rings. The van der Waals surface area contributed by atoms with Crippen LogP contribution in [-0.4, -0.2) is 11.1 Å². The Kier molecular flexibility index (Phi) is 5.70. The van der Waals surface area contributed by atoms with Crippen LogP contribution < -0.4 is 5.32 Å². The van der Waals surface area contributed by atoms with E-state index in [0.717, 1.165) is 26.1 Å². The van der Waals surface area contributed by atoms with E-state index < -0.39 is 0 Å². The van der Waals surface area contributed by atoms with Crippen molar-refractivity contribution in [2.24, 2.45) is 0 Å². The first kappa shape index (κ1) is 13.9. The van der Waals surface area contributed by atoms with E-state index in [1.165, 1.54) is 24.1 Å². The highest BCUT2D eigenvalue weighted by molar-refractivity contribution is 5.14. The van der Waals surface area contributed by atoms with E-state index >= 15 is 0 Å². The summed E-state index contributed by atoms with van der Waals surface area (Å²) in [5, 5.41) is 3.54. The van der Waals surface area contributed by atoms with E-state index in [2.05, 4.69) is 65.5 Å². The van der Waals surface area contributed by atoms with Gasteiger partial charge in [0.2, 0.25) is 0 Å². The van der Waals surface area contributed by atoms with Crippen LogP contribution in [0.2, 0.25) is 0 Å². The van der Waals surface area contributed by atoms with Gasteiger partial charge in [-0.3, -0.25) is 0 Å². The highest BCUT2D eigenvalue weighted by atomic mass is 15.0. The second-order valence-corrected chi connectivity index (χ2v) is 4.96. The Balaban J connectivity index is 1.65. The van der Waals surface area contributed by atoms with Crippen molar-refractivity contribution in [2.45, 2.75) is 39.3 Å². The van der Waals surface area contributed by atoms with Crippen LogP contribution in [0.4, 0.5) is 0 Å². The average Bonchev–Trinajstić information content (AvgIpc) is 2.88. The van der Waals surface area contributed by atoms with Gasteiger partial charge < -0.3 is 9.88 Å². The number of nitrogens with zero attached hydrogens (tertiary/aromatic N) is 1. The Bertz CT molecular complexity index is 459.